The molecule has 0 saturated heterocycles. The molecule has 0 saturated carbocycles. The van der Waals surface area contributed by atoms with Gasteiger partial charge in [-0.15, -0.1) is 0 Å². The summed E-state index contributed by atoms with van der Waals surface area (Å²) in [4.78, 5) is 0. The second-order valence-corrected chi connectivity index (χ2v) is 2.86. The summed E-state index contributed by atoms with van der Waals surface area (Å²) in [5.74, 6) is 1.10. The van der Waals surface area contributed by atoms with Gasteiger partial charge in [0.25, 0.3) is 0 Å². The number of aliphatic hydroxyl groups excluding tert-OH is 1. The van der Waals surface area contributed by atoms with E-state index in [-0.39, 0.29) is 0 Å². The summed E-state index contributed by atoms with van der Waals surface area (Å²) in [6, 6.07) is 0. The minimum absolute atomic E-state index is 0.503. The minimum Gasteiger partial charge on any atom is -0.516 e. The Kier molecular flexibility index (Phi) is 5.03. The lowest BCUT2D eigenvalue weighted by molar-refractivity contribution is 0.391. The van der Waals surface area contributed by atoms with Crippen molar-refractivity contribution in [1.82, 2.24) is 0 Å². The van der Waals surface area contributed by atoms with Crippen molar-refractivity contribution in [3.05, 3.63) is 12.3 Å². The highest BCUT2D eigenvalue weighted by atomic mass is 16.2. The summed E-state index contributed by atoms with van der Waals surface area (Å²) >= 11 is 0. The van der Waals surface area contributed by atoms with E-state index in [1.165, 1.54) is 0 Å². The number of aliphatic hydroxyl groups is 1. The Balaban J connectivity index is 3.60. The molecule has 0 aliphatic carbocycles. The molecule has 60 valence electrons. The van der Waals surface area contributed by atoms with E-state index in [1.54, 1.807) is 6.08 Å². The van der Waals surface area contributed by atoms with Crippen LogP contribution in [0.3, 0.4) is 0 Å². The SMILES string of the molecule is CC(C)[C@@H](CN)C/C=C/O. The van der Waals surface area contributed by atoms with Crippen LogP contribution < -0.4 is 5.73 Å². The molecule has 0 spiro atoms. The topological polar surface area (TPSA) is 46.2 Å². The zero-order valence-corrected chi connectivity index (χ0v) is 6.75. The predicted molar refractivity (Wildman–Crippen MR) is 43.8 cm³/mol. The number of hydrogen-bond donors (Lipinski definition) is 2. The fraction of sp³-hybridized carbons (Fsp3) is 0.750. The van der Waals surface area contributed by atoms with Crippen LogP contribution in [0.5, 0.6) is 0 Å². The van der Waals surface area contributed by atoms with E-state index in [4.69, 9.17) is 10.8 Å². The first-order valence-corrected chi connectivity index (χ1v) is 3.71. The van der Waals surface area contributed by atoms with Crippen LogP contribution in [0.4, 0.5) is 0 Å². The molecule has 10 heavy (non-hydrogen) atoms. The number of hydrogen-bond acceptors (Lipinski definition) is 2. The molecule has 2 nitrogen and oxygen atoms in total. The van der Waals surface area contributed by atoms with E-state index in [2.05, 4.69) is 13.8 Å². The highest BCUT2D eigenvalue weighted by Gasteiger charge is 2.08. The molecule has 0 aromatic heterocycles. The molecule has 1 atom stereocenters. The molecule has 0 unspecified atom stereocenters. The van der Waals surface area contributed by atoms with Gasteiger partial charge in [-0.3, -0.25) is 0 Å². The average Bonchev–Trinajstić information content (AvgIpc) is 1.89. The van der Waals surface area contributed by atoms with Crippen LogP contribution in [0.15, 0.2) is 12.3 Å². The van der Waals surface area contributed by atoms with E-state index in [0.29, 0.717) is 18.4 Å². The van der Waals surface area contributed by atoms with Crippen molar-refractivity contribution in [2.75, 3.05) is 6.54 Å². The van der Waals surface area contributed by atoms with Gasteiger partial charge in [-0.05, 0) is 30.9 Å². The molecule has 0 aromatic rings. The monoisotopic (exact) mass is 143 g/mol. The zero-order valence-electron chi connectivity index (χ0n) is 6.75. The fourth-order valence-electron chi connectivity index (χ4n) is 0.876. The van der Waals surface area contributed by atoms with Gasteiger partial charge < -0.3 is 10.8 Å². The largest absolute Gasteiger partial charge is 0.516 e. The van der Waals surface area contributed by atoms with E-state index in [9.17, 15) is 0 Å². The molecule has 0 bridgehead atoms. The first kappa shape index (κ1) is 9.50. The quantitative estimate of drug-likeness (QED) is 0.588. The summed E-state index contributed by atoms with van der Waals surface area (Å²) in [6.07, 6.45) is 3.72. The molecule has 0 radical (unpaired) electrons. The van der Waals surface area contributed by atoms with Crippen molar-refractivity contribution in [3.63, 3.8) is 0 Å². The Hall–Kier alpha value is -0.500. The van der Waals surface area contributed by atoms with Crippen LogP contribution in [0.25, 0.3) is 0 Å². The van der Waals surface area contributed by atoms with Crippen LogP contribution >= 0.6 is 0 Å². The summed E-state index contributed by atoms with van der Waals surface area (Å²) in [5, 5.41) is 8.37. The molecular weight excluding hydrogens is 126 g/mol. The molecule has 2 heteroatoms. The Morgan fingerprint density at radius 3 is 2.40 bits per heavy atom. The van der Waals surface area contributed by atoms with E-state index in [1.807, 2.05) is 0 Å². The maximum Gasteiger partial charge on any atom is 0.0751 e. The zero-order chi connectivity index (χ0) is 7.98. The van der Waals surface area contributed by atoms with Gasteiger partial charge >= 0.3 is 0 Å². The van der Waals surface area contributed by atoms with Gasteiger partial charge in [-0.25, -0.2) is 0 Å². The second-order valence-electron chi connectivity index (χ2n) is 2.86. The predicted octanol–water partition coefficient (Wildman–Crippen LogP) is 1.68. The highest BCUT2D eigenvalue weighted by molar-refractivity contribution is 4.78. The van der Waals surface area contributed by atoms with Gasteiger partial charge in [-0.2, -0.15) is 0 Å². The third-order valence-electron chi connectivity index (χ3n) is 1.79. The van der Waals surface area contributed by atoms with Crippen LogP contribution in [0.1, 0.15) is 20.3 Å². The number of nitrogens with two attached hydrogens (primary N) is 1. The molecular formula is C8H17NO. The van der Waals surface area contributed by atoms with Crippen LogP contribution in [-0.2, 0) is 0 Å². The summed E-state index contributed by atoms with van der Waals surface area (Å²) in [5.41, 5.74) is 5.50. The highest BCUT2D eigenvalue weighted by Crippen LogP contribution is 2.13. The van der Waals surface area contributed by atoms with Gasteiger partial charge in [0.2, 0.25) is 0 Å². The van der Waals surface area contributed by atoms with Crippen molar-refractivity contribution in [2.24, 2.45) is 17.6 Å². The van der Waals surface area contributed by atoms with Gasteiger partial charge in [0.05, 0.1) is 6.26 Å². The first-order chi connectivity index (χ1) is 4.72. The smallest absolute Gasteiger partial charge is 0.0751 e. The normalized spacial score (nSPS) is 14.8. The molecule has 0 aromatic carbocycles. The van der Waals surface area contributed by atoms with Crippen molar-refractivity contribution in [2.45, 2.75) is 20.3 Å². The van der Waals surface area contributed by atoms with E-state index >= 15 is 0 Å². The van der Waals surface area contributed by atoms with Crippen molar-refractivity contribution in [1.29, 1.82) is 0 Å². The standard InChI is InChI=1S/C8H17NO/c1-7(2)8(6-9)4-3-5-10/h3,5,7-8,10H,4,6,9H2,1-2H3/b5-3+/t8-/m1/s1. The Bertz CT molecular complexity index is 99.4. The molecule has 0 fully saturated rings. The van der Waals surface area contributed by atoms with Crippen molar-refractivity contribution < 1.29 is 5.11 Å². The second kappa shape index (κ2) is 5.30. The van der Waals surface area contributed by atoms with Crippen LogP contribution in [0, 0.1) is 11.8 Å². The summed E-state index contributed by atoms with van der Waals surface area (Å²) < 4.78 is 0. The fourth-order valence-corrected chi connectivity index (χ4v) is 0.876. The Morgan fingerprint density at radius 2 is 2.10 bits per heavy atom. The summed E-state index contributed by atoms with van der Waals surface area (Å²) in [7, 11) is 0. The van der Waals surface area contributed by atoms with Gasteiger partial charge in [-0.1, -0.05) is 13.8 Å². The van der Waals surface area contributed by atoms with Crippen LogP contribution in [-0.4, -0.2) is 11.7 Å². The average molecular weight is 143 g/mol. The lowest BCUT2D eigenvalue weighted by Gasteiger charge is -2.15. The van der Waals surface area contributed by atoms with E-state index in [0.717, 1.165) is 12.7 Å². The summed E-state index contributed by atoms with van der Waals surface area (Å²) in [6.45, 7) is 4.98. The lowest BCUT2D eigenvalue weighted by atomic mass is 9.93. The Labute approximate surface area is 62.7 Å². The first-order valence-electron chi connectivity index (χ1n) is 3.71. The lowest BCUT2D eigenvalue weighted by Crippen LogP contribution is -2.18. The molecule has 0 heterocycles. The molecule has 0 aliphatic rings. The van der Waals surface area contributed by atoms with Gasteiger partial charge in [0, 0.05) is 0 Å². The minimum atomic E-state index is 0.503. The van der Waals surface area contributed by atoms with E-state index < -0.39 is 0 Å². The maximum absolute atomic E-state index is 8.37. The molecule has 0 aliphatic heterocycles. The number of rotatable bonds is 4. The van der Waals surface area contributed by atoms with Crippen molar-refractivity contribution >= 4 is 0 Å². The Morgan fingerprint density at radius 1 is 1.50 bits per heavy atom. The molecule has 0 amide bonds. The van der Waals surface area contributed by atoms with Crippen LogP contribution in [0.2, 0.25) is 0 Å². The molecule has 0 rings (SSSR count). The maximum atomic E-state index is 8.37. The van der Waals surface area contributed by atoms with Crippen molar-refractivity contribution in [3.8, 4) is 0 Å². The third-order valence-corrected chi connectivity index (χ3v) is 1.79. The van der Waals surface area contributed by atoms with Gasteiger partial charge in [0.1, 0.15) is 0 Å². The number of allylic oxidation sites excluding steroid dienone is 1. The molecule has 3 N–H and O–H groups in total. The van der Waals surface area contributed by atoms with Gasteiger partial charge in [0.15, 0.2) is 0 Å². The third kappa shape index (κ3) is 3.51.